The molecule has 0 heterocycles. The van der Waals surface area contributed by atoms with Crippen LogP contribution in [-0.4, -0.2) is 0 Å². The van der Waals surface area contributed by atoms with Crippen LogP contribution in [0.3, 0.4) is 0 Å². The molecule has 16 fully saturated rings. The van der Waals surface area contributed by atoms with Crippen molar-refractivity contribution in [3.05, 3.63) is 0 Å². The largest absolute Gasteiger partial charge is 0.0533 e. The summed E-state index contributed by atoms with van der Waals surface area (Å²) >= 11 is 0. The van der Waals surface area contributed by atoms with Crippen molar-refractivity contribution in [1.82, 2.24) is 0 Å². The van der Waals surface area contributed by atoms with E-state index in [0.29, 0.717) is 0 Å². The Morgan fingerprint density at radius 3 is 0.208 bits per heavy atom. The van der Waals surface area contributed by atoms with E-state index in [-0.39, 0.29) is 0 Å². The van der Waals surface area contributed by atoms with E-state index in [0.717, 1.165) is 43.3 Å². The maximum atomic E-state index is 1.56. The van der Waals surface area contributed by atoms with Crippen LogP contribution in [-0.2, 0) is 0 Å². The molecule has 16 saturated carbocycles. The van der Waals surface area contributed by atoms with Crippen LogP contribution in [0, 0.1) is 43.3 Å². The van der Waals surface area contributed by atoms with Gasteiger partial charge in [0.25, 0.3) is 0 Å². The standard InChI is InChI=1S/C12H22.2C11H20.C10H18.2C9H16.C8H14.C7H12/c1-2-5-9-12(8-4-1)10-6-3-7-11-12;1-3-7-11(8-4-1)9-5-2-6-10-11;1-2-4-8-11(7-3-1)9-5-6-10-11;1-2-6-10(7-3-1)8-4-5-9-10;1-2-6-9(5-1)7-3-4-8-9;1-2-5-9(6-3-1)7-4-8-9;1-2-5-8(4-1)6-3-7-8;1-3-7(4-1)5-2-6-7/h1-11H2;2*1-10H2;1-9H2;2*1-8H2;1-7H2;1-6H2. The first-order chi connectivity index (χ1) is 37.8. The third-order valence-electron chi connectivity index (χ3n) is 27.9. The van der Waals surface area contributed by atoms with Crippen molar-refractivity contribution in [2.24, 2.45) is 43.3 Å². The van der Waals surface area contributed by atoms with Crippen molar-refractivity contribution >= 4 is 0 Å². The Kier molecular flexibility index (Phi) is 25.0. The van der Waals surface area contributed by atoms with Crippen LogP contribution in [0.4, 0.5) is 0 Å². The van der Waals surface area contributed by atoms with Crippen molar-refractivity contribution < 1.29 is 0 Å². The molecule has 0 aliphatic heterocycles. The Morgan fingerprint density at radius 2 is 0.130 bits per heavy atom. The Labute approximate surface area is 483 Å². The van der Waals surface area contributed by atoms with Gasteiger partial charge in [-0.15, -0.1) is 0 Å². The monoisotopic (exact) mass is 1060 g/mol. The van der Waals surface area contributed by atoms with E-state index in [2.05, 4.69) is 0 Å². The Balaban J connectivity index is 0.000000108. The summed E-state index contributed by atoms with van der Waals surface area (Å²) in [5.41, 5.74) is 7.08. The molecule has 0 atom stereocenters. The van der Waals surface area contributed by atoms with Crippen molar-refractivity contribution in [3.8, 4) is 0 Å². The Bertz CT molecular complexity index is 1440. The highest BCUT2D eigenvalue weighted by molar-refractivity contribution is 4.95. The predicted molar refractivity (Wildman–Crippen MR) is 338 cm³/mol. The number of hydrogen-bond acceptors (Lipinski definition) is 0. The zero-order valence-electron chi connectivity index (χ0n) is 52.8. The van der Waals surface area contributed by atoms with E-state index in [1.165, 1.54) is 238 Å². The van der Waals surface area contributed by atoms with E-state index in [1.54, 1.807) is 205 Å². The smallest absolute Gasteiger partial charge is 0.0297 e. The maximum Gasteiger partial charge on any atom is -0.0297 e. The van der Waals surface area contributed by atoms with Crippen LogP contribution in [0.15, 0.2) is 0 Å². The minimum Gasteiger partial charge on any atom is -0.0533 e. The fraction of sp³-hybridized carbons (Fsp3) is 1.00. The molecule has 16 aliphatic carbocycles. The molecule has 0 bridgehead atoms. The molecule has 0 N–H and O–H groups in total. The summed E-state index contributed by atoms with van der Waals surface area (Å²) < 4.78 is 0. The van der Waals surface area contributed by atoms with Gasteiger partial charge in [0.2, 0.25) is 0 Å². The van der Waals surface area contributed by atoms with Crippen LogP contribution >= 0.6 is 0 Å². The van der Waals surface area contributed by atoms with Gasteiger partial charge in [-0.25, -0.2) is 0 Å². The maximum absolute atomic E-state index is 1.56. The second-order valence-electron chi connectivity index (χ2n) is 33.1. The van der Waals surface area contributed by atoms with Crippen LogP contribution in [0.1, 0.15) is 443 Å². The summed E-state index contributed by atoms with van der Waals surface area (Å²) in [6.07, 6.45) is 106. The van der Waals surface area contributed by atoms with Crippen LogP contribution in [0.2, 0.25) is 0 Å². The molecule has 16 aliphatic rings. The average Bonchev–Trinajstić information content (AvgIpc) is 4.31. The van der Waals surface area contributed by atoms with Gasteiger partial charge < -0.3 is 0 Å². The van der Waals surface area contributed by atoms with E-state index in [1.807, 2.05) is 0 Å². The average molecular weight is 1060 g/mol. The topological polar surface area (TPSA) is 0 Å². The highest BCUT2D eigenvalue weighted by atomic mass is 14.5. The SMILES string of the molecule is C1CC2(C1)CCC2.C1CCC2(C1)CCC2.C1CCC2(C1)CCCC2.C1CCC2(CC1)CCC2.C1CCC2(CC1)CCCC2.C1CCC2(CC1)CCCCC2.C1CCCC2(CC1)CCCC2.C1CCCC2(CC1)CCCCC2. The van der Waals surface area contributed by atoms with E-state index in [4.69, 9.17) is 0 Å². The summed E-state index contributed by atoms with van der Waals surface area (Å²) in [6.45, 7) is 0. The summed E-state index contributed by atoms with van der Waals surface area (Å²) in [4.78, 5) is 0. The van der Waals surface area contributed by atoms with Crippen molar-refractivity contribution in [1.29, 1.82) is 0 Å². The fourth-order valence-electron chi connectivity index (χ4n) is 21.8. The van der Waals surface area contributed by atoms with Crippen LogP contribution in [0.25, 0.3) is 0 Å². The van der Waals surface area contributed by atoms with Gasteiger partial charge in [0, 0.05) is 0 Å². The van der Waals surface area contributed by atoms with Crippen LogP contribution < -0.4 is 0 Å². The van der Waals surface area contributed by atoms with Gasteiger partial charge in [0.05, 0.1) is 0 Å². The van der Waals surface area contributed by atoms with Gasteiger partial charge in [-0.05, 0) is 249 Å². The minimum absolute atomic E-state index is 0.842. The molecule has 8 spiro atoms. The van der Waals surface area contributed by atoms with E-state index >= 15 is 0 Å². The molecule has 0 unspecified atom stereocenters. The Hall–Kier alpha value is 0. The van der Waals surface area contributed by atoms with Crippen molar-refractivity contribution in [3.63, 3.8) is 0 Å². The van der Waals surface area contributed by atoms with Gasteiger partial charge in [-0.1, -0.05) is 238 Å². The van der Waals surface area contributed by atoms with E-state index < -0.39 is 0 Å². The molecule has 0 aromatic heterocycles. The Morgan fingerprint density at radius 1 is 0.0649 bits per heavy atom. The zero-order valence-corrected chi connectivity index (χ0v) is 52.8. The lowest BCUT2D eigenvalue weighted by Crippen LogP contribution is -2.35. The molecular weight excluding hydrogens is 925 g/mol. The van der Waals surface area contributed by atoms with Crippen molar-refractivity contribution in [2.75, 3.05) is 0 Å². The number of hydrogen-bond donors (Lipinski definition) is 0. The first-order valence-electron chi connectivity index (χ1n) is 37.8. The van der Waals surface area contributed by atoms with Crippen molar-refractivity contribution in [2.45, 2.75) is 443 Å². The molecule has 77 heavy (non-hydrogen) atoms. The zero-order chi connectivity index (χ0) is 52.8. The summed E-state index contributed by atoms with van der Waals surface area (Å²) in [6, 6.07) is 0. The molecule has 0 nitrogen and oxygen atoms in total. The first-order valence-corrected chi connectivity index (χ1v) is 37.8. The molecule has 0 heteroatoms. The molecule has 446 valence electrons. The van der Waals surface area contributed by atoms with Gasteiger partial charge in [0.1, 0.15) is 0 Å². The lowest BCUT2D eigenvalue weighted by atomic mass is 9.56. The van der Waals surface area contributed by atoms with Gasteiger partial charge in [-0.2, -0.15) is 0 Å². The molecule has 16 rings (SSSR count). The van der Waals surface area contributed by atoms with Gasteiger partial charge in [-0.3, -0.25) is 0 Å². The van der Waals surface area contributed by atoms with Gasteiger partial charge in [0.15, 0.2) is 0 Å². The molecule has 0 saturated heterocycles. The fourth-order valence-corrected chi connectivity index (χ4v) is 21.8. The molecule has 0 aromatic carbocycles. The quantitative estimate of drug-likeness (QED) is 0.227. The van der Waals surface area contributed by atoms with E-state index in [9.17, 15) is 0 Å². The third-order valence-corrected chi connectivity index (χ3v) is 27.9. The van der Waals surface area contributed by atoms with Crippen LogP contribution in [0.5, 0.6) is 0 Å². The number of rotatable bonds is 0. The summed E-state index contributed by atoms with van der Waals surface area (Å²) in [7, 11) is 0. The minimum atomic E-state index is 0.842. The molecule has 0 aromatic rings. The third kappa shape index (κ3) is 18.7. The first kappa shape index (κ1) is 61.6. The molecule has 0 radical (unpaired) electrons. The lowest BCUT2D eigenvalue weighted by molar-refractivity contribution is 0.0314. The summed E-state index contributed by atoms with van der Waals surface area (Å²) in [5.74, 6) is 0. The molecular formula is C77H138. The highest BCUT2D eigenvalue weighted by Gasteiger charge is 2.43. The second kappa shape index (κ2) is 31.2. The van der Waals surface area contributed by atoms with Gasteiger partial charge >= 0.3 is 0 Å². The summed E-state index contributed by atoms with van der Waals surface area (Å²) in [5, 5.41) is 0. The molecule has 0 amide bonds. The second-order valence-corrected chi connectivity index (χ2v) is 33.1. The predicted octanol–water partition coefficient (Wildman–Crippen LogP) is 26.9. The normalized spacial score (nSPS) is 31.5. The lowest BCUT2D eigenvalue weighted by Gasteiger charge is -2.49. The highest BCUT2D eigenvalue weighted by Crippen LogP contribution is 2.57.